The first-order chi connectivity index (χ1) is 20.6. The number of aromatic nitrogens is 2. The highest BCUT2D eigenvalue weighted by atomic mass is 19.4. The number of hydrogen-bond donors (Lipinski definition) is 0. The number of allylic oxidation sites excluding steroid dienone is 1. The molecule has 1 radical (unpaired) electrons. The molecule has 229 valence electrons. The largest absolute Gasteiger partial charge is 0.418 e. The number of azo groups is 2. The van der Waals surface area contributed by atoms with Gasteiger partial charge in [-0.15, -0.1) is 4.70 Å². The number of piperidine rings is 1. The molecule has 3 aliphatic rings. The molecule has 0 unspecified atom stereocenters. The van der Waals surface area contributed by atoms with Gasteiger partial charge in [-0.3, -0.25) is 13.9 Å². The van der Waals surface area contributed by atoms with Crippen LogP contribution in [0.4, 0.5) is 13.2 Å². The minimum atomic E-state index is -4.59. The van der Waals surface area contributed by atoms with E-state index in [0.717, 1.165) is 62.0 Å². The van der Waals surface area contributed by atoms with Gasteiger partial charge in [0, 0.05) is 44.1 Å². The number of benzene rings is 1. The molecule has 10 heteroatoms. The van der Waals surface area contributed by atoms with E-state index >= 15 is 0 Å². The molecule has 0 spiro atoms. The smallest absolute Gasteiger partial charge is 0.378 e. The standard InChI is InChI=1S/C33H40F3N5O2/c1-22-7-6-12-38(17-22)19-24-15-28(33(34,35)36)29-21-40(32(42)41(29)20-24)27-11-5-10-26(16-27)30(25-8-4-9-25)31-23(2)18-39(37-31)13-14-43-3/h5,10-11,15-16,18,20-22,25,30H,4,6-9,12-14,17,19H2,1-3H3/q+1/t22-,30+/m0/s1. The van der Waals surface area contributed by atoms with Crippen molar-refractivity contribution in [2.75, 3.05) is 33.4 Å². The van der Waals surface area contributed by atoms with E-state index in [0.29, 0.717) is 42.8 Å². The Morgan fingerprint density at radius 2 is 1.95 bits per heavy atom. The Morgan fingerprint density at radius 3 is 2.65 bits per heavy atom. The molecule has 7 nitrogen and oxygen atoms in total. The van der Waals surface area contributed by atoms with Crippen LogP contribution in [0.15, 0.2) is 63.9 Å². The van der Waals surface area contributed by atoms with Crippen molar-refractivity contribution in [3.63, 3.8) is 0 Å². The topological polar surface area (TPSA) is 54.3 Å². The molecular formula is C33H40F3N5O2+. The van der Waals surface area contributed by atoms with Crippen LogP contribution >= 0.6 is 0 Å². The molecule has 6 rings (SSSR count). The van der Waals surface area contributed by atoms with E-state index < -0.39 is 17.4 Å². The van der Waals surface area contributed by atoms with E-state index in [1.807, 2.05) is 29.4 Å². The number of ether oxygens (including phenoxy) is 1. The van der Waals surface area contributed by atoms with Gasteiger partial charge in [-0.05, 0) is 85.4 Å². The van der Waals surface area contributed by atoms with Crippen LogP contribution in [0, 0.1) is 18.4 Å². The summed E-state index contributed by atoms with van der Waals surface area (Å²) in [6.45, 7) is 9.56. The summed E-state index contributed by atoms with van der Waals surface area (Å²) < 4.78 is 52.7. The van der Waals surface area contributed by atoms with Crippen molar-refractivity contribution in [2.45, 2.75) is 64.6 Å². The van der Waals surface area contributed by atoms with Gasteiger partial charge in [0.15, 0.2) is 6.54 Å². The summed E-state index contributed by atoms with van der Waals surface area (Å²) in [6.07, 6.45) is 3.81. The number of alkyl halides is 3. The molecule has 43 heavy (non-hydrogen) atoms. The normalized spacial score (nSPS) is 21.0. The monoisotopic (exact) mass is 595 g/mol. The summed E-state index contributed by atoms with van der Waals surface area (Å²) in [5.74, 6) is 0.957. The first-order valence-electron chi connectivity index (χ1n) is 15.3. The summed E-state index contributed by atoms with van der Waals surface area (Å²) in [5.41, 5.74) is 2.72. The lowest BCUT2D eigenvalue weighted by molar-refractivity contribution is -0.546. The van der Waals surface area contributed by atoms with Crippen LogP contribution in [-0.4, -0.2) is 51.9 Å². The van der Waals surface area contributed by atoms with Gasteiger partial charge in [0.2, 0.25) is 0 Å². The zero-order valence-corrected chi connectivity index (χ0v) is 25.1. The van der Waals surface area contributed by atoms with E-state index in [-0.39, 0.29) is 11.4 Å². The average molecular weight is 596 g/mol. The van der Waals surface area contributed by atoms with Crippen molar-refractivity contribution in [1.82, 2.24) is 13.9 Å². The van der Waals surface area contributed by atoms with Crippen LogP contribution in [0.2, 0.25) is 0 Å². The van der Waals surface area contributed by atoms with Gasteiger partial charge in [-0.1, -0.05) is 25.5 Å². The van der Waals surface area contributed by atoms with E-state index in [1.165, 1.54) is 21.2 Å². The summed E-state index contributed by atoms with van der Waals surface area (Å²) in [7, 11) is 1.67. The second-order valence-corrected chi connectivity index (χ2v) is 12.5. The second kappa shape index (κ2) is 12.0. The molecular weight excluding hydrogens is 555 g/mol. The number of rotatable bonds is 9. The van der Waals surface area contributed by atoms with Crippen molar-refractivity contribution < 1.29 is 22.6 Å². The highest BCUT2D eigenvalue weighted by Gasteiger charge is 2.38. The maximum atomic E-state index is 14.3. The van der Waals surface area contributed by atoms with Gasteiger partial charge in [-0.25, -0.2) is 4.79 Å². The first kappa shape index (κ1) is 29.8. The Morgan fingerprint density at radius 1 is 1.14 bits per heavy atom. The lowest BCUT2D eigenvalue weighted by atomic mass is 9.71. The number of pyridine rings is 1. The molecule has 0 N–H and O–H groups in total. The Labute approximate surface area is 250 Å². The van der Waals surface area contributed by atoms with Crippen LogP contribution in [0.25, 0.3) is 11.2 Å². The maximum Gasteiger partial charge on any atom is 0.418 e. The van der Waals surface area contributed by atoms with E-state index in [1.54, 1.807) is 19.4 Å². The minimum Gasteiger partial charge on any atom is -0.378 e. The SMILES string of the molecule is COCC[N+]1=NC([C@@H](c2cccc(-n3cc4c(C(F)(F)F)cc(CN5CCC[C@H](C)C5)cn4c3=O)c2)C2CCC2)=C(C)[CH]1. The predicted octanol–water partition coefficient (Wildman–Crippen LogP) is 6.79. The molecule has 3 aromatic rings. The van der Waals surface area contributed by atoms with Crippen LogP contribution in [0.1, 0.15) is 68.6 Å². The molecule has 1 aromatic carbocycles. The van der Waals surface area contributed by atoms with E-state index in [2.05, 4.69) is 18.7 Å². The zero-order valence-electron chi connectivity index (χ0n) is 25.1. The fourth-order valence-electron chi connectivity index (χ4n) is 6.87. The summed E-state index contributed by atoms with van der Waals surface area (Å²) in [4.78, 5) is 15.9. The number of likely N-dealkylation sites (tertiary alicyclic amines) is 1. The fraction of sp³-hybridized carbons (Fsp3) is 0.515. The van der Waals surface area contributed by atoms with Crippen LogP contribution in [-0.2, 0) is 17.5 Å². The van der Waals surface area contributed by atoms with Crippen LogP contribution in [0.5, 0.6) is 0 Å². The summed E-state index contributed by atoms with van der Waals surface area (Å²) in [6, 6.07) is 8.87. The van der Waals surface area contributed by atoms with Crippen molar-refractivity contribution in [3.8, 4) is 5.69 Å². The molecule has 1 saturated carbocycles. The summed E-state index contributed by atoms with van der Waals surface area (Å²) >= 11 is 0. The first-order valence-corrected chi connectivity index (χ1v) is 15.3. The molecule has 2 atom stereocenters. The van der Waals surface area contributed by atoms with E-state index in [9.17, 15) is 18.0 Å². The highest BCUT2D eigenvalue weighted by Crippen LogP contribution is 2.46. The van der Waals surface area contributed by atoms with Crippen molar-refractivity contribution in [3.05, 3.63) is 87.7 Å². The average Bonchev–Trinajstić information content (AvgIpc) is 3.47. The van der Waals surface area contributed by atoms with Gasteiger partial charge in [-0.2, -0.15) is 13.2 Å². The Kier molecular flexibility index (Phi) is 8.35. The third-order valence-corrected chi connectivity index (χ3v) is 9.21. The Balaban J connectivity index is 1.39. The number of fused-ring (bicyclic) bond motifs is 1. The van der Waals surface area contributed by atoms with Gasteiger partial charge in [0.25, 0.3) is 6.54 Å². The molecule has 0 amide bonds. The molecule has 1 saturated heterocycles. The van der Waals surface area contributed by atoms with Gasteiger partial charge in [0.05, 0.1) is 16.8 Å². The number of halogens is 3. The third kappa shape index (κ3) is 6.09. The van der Waals surface area contributed by atoms with Gasteiger partial charge in [0.1, 0.15) is 12.3 Å². The highest BCUT2D eigenvalue weighted by molar-refractivity contribution is 5.58. The molecule has 2 fully saturated rings. The number of imidazole rings is 1. The molecule has 2 aliphatic heterocycles. The lowest BCUT2D eigenvalue weighted by Gasteiger charge is -2.33. The predicted molar refractivity (Wildman–Crippen MR) is 158 cm³/mol. The third-order valence-electron chi connectivity index (χ3n) is 9.21. The van der Waals surface area contributed by atoms with Crippen LogP contribution in [0.3, 0.4) is 0 Å². The summed E-state index contributed by atoms with van der Waals surface area (Å²) in [5, 5.41) is 4.92. The lowest BCUT2D eigenvalue weighted by Crippen LogP contribution is -2.34. The van der Waals surface area contributed by atoms with Crippen molar-refractivity contribution in [1.29, 1.82) is 0 Å². The Hall–Kier alpha value is -3.24. The minimum absolute atomic E-state index is 0.0366. The fourth-order valence-corrected chi connectivity index (χ4v) is 6.87. The van der Waals surface area contributed by atoms with E-state index in [4.69, 9.17) is 9.85 Å². The number of hydrogen-bond acceptors (Lipinski definition) is 4. The Bertz CT molecular complexity index is 1610. The second-order valence-electron chi connectivity index (χ2n) is 12.5. The molecule has 1 aliphatic carbocycles. The molecule has 2 aromatic heterocycles. The van der Waals surface area contributed by atoms with Gasteiger partial charge >= 0.3 is 11.9 Å². The van der Waals surface area contributed by atoms with Crippen molar-refractivity contribution in [2.24, 2.45) is 17.0 Å². The molecule has 0 bridgehead atoms. The van der Waals surface area contributed by atoms with Crippen molar-refractivity contribution >= 4 is 5.52 Å². The quantitative estimate of drug-likeness (QED) is 0.256. The zero-order chi connectivity index (χ0) is 30.3. The number of methoxy groups -OCH3 is 1. The maximum absolute atomic E-state index is 14.3. The molecule has 4 heterocycles. The van der Waals surface area contributed by atoms with Gasteiger partial charge < -0.3 is 4.74 Å². The van der Waals surface area contributed by atoms with Crippen LogP contribution < -0.4 is 5.69 Å². The number of nitrogens with zero attached hydrogens (tertiary/aromatic N) is 5.